The van der Waals surface area contributed by atoms with Crippen LogP contribution in [0.4, 0.5) is 0 Å². The van der Waals surface area contributed by atoms with Gasteiger partial charge >= 0.3 is 11.9 Å². The zero-order valence-corrected chi connectivity index (χ0v) is 59.8. The number of primary amides is 1. The predicted octanol–water partition coefficient (Wildman–Crippen LogP) is -1.95. The first kappa shape index (κ1) is 80.9. The lowest BCUT2D eigenvalue weighted by molar-refractivity contribution is -0.148. The molecule has 0 bridgehead atoms. The molecule has 37 heteroatoms. The summed E-state index contributed by atoms with van der Waals surface area (Å²) in [6.45, 7) is -0.418. The molecular formula is C69H91N19O16S2. The summed E-state index contributed by atoms with van der Waals surface area (Å²) < 4.78 is 0. The number of aromatic amines is 2. The molecule has 3 aliphatic rings. The van der Waals surface area contributed by atoms with Gasteiger partial charge in [-0.3, -0.25) is 72.5 Å². The lowest BCUT2D eigenvalue weighted by Crippen LogP contribution is -2.60. The van der Waals surface area contributed by atoms with Crippen LogP contribution in [0, 0.1) is 5.41 Å². The smallest absolute Gasteiger partial charge is 0.305 e. The molecule has 2 aromatic heterocycles. The minimum atomic E-state index is -1.61. The van der Waals surface area contributed by atoms with Crippen LogP contribution in [0.3, 0.4) is 0 Å². The molecule has 0 radical (unpaired) electrons. The fourth-order valence-electron chi connectivity index (χ4n) is 12.8. The molecule has 10 atom stereocenters. The average molecular weight is 1510 g/mol. The quantitative estimate of drug-likeness (QED) is 0.0124. The summed E-state index contributed by atoms with van der Waals surface area (Å²) in [6, 6.07) is 5.69. The number of carbonyl (C=O) groups is 14. The van der Waals surface area contributed by atoms with E-state index in [2.05, 4.69) is 68.1 Å². The summed E-state index contributed by atoms with van der Waals surface area (Å²) in [4.78, 5) is 209. The van der Waals surface area contributed by atoms with E-state index in [0.29, 0.717) is 47.7 Å². The van der Waals surface area contributed by atoms with Gasteiger partial charge in [0, 0.05) is 86.5 Å². The molecule has 570 valence electrons. The molecule has 12 amide bonds. The Morgan fingerprint density at radius 1 is 0.651 bits per heavy atom. The first-order valence-electron chi connectivity index (χ1n) is 34.9. The standard InChI is InChI=1S/C69H91N19O16S2/c70-23-6-5-14-45(61(97)83-48(59(71)95)32-58(93)94)82-66(102)53-16-8-25-87(53)68(104)54-17-9-26-88(54)67(103)52-36-106-105-27-22-55(89)79-47(20-21-57(91)92)63(99)86-51(31-42-34-74-37-78-42)65(101)84-49(29-38-18-19-39-10-1-2-11-40(39)28-38)64(100)81-46(15-7-24-75-69(72)73)62(98)85-50(60(96)77-35-56(90)80-52)30-41-33-76-44-13-4-3-12-43(41)44/h1-4,10-13,18-19,28,33-34,37,45-54,76H,5-9,14-17,20-27,29-32,35-36,70H2,(H2,71,95)(H,74,78)(H,77,96)(H,79,89)(H,80,90)(H,81,100)(H,82,102)(H,83,97)(H,84,101)(H,85,98)(H,86,99)(H,91,92)(H,93,94)(H4,72,73,75)/t45-,46?,47?,48-,49+,50-,51-,52?,53-,54-/m0/s1. The fraction of sp³-hybridized carbons (Fsp3) is 0.478. The summed E-state index contributed by atoms with van der Waals surface area (Å²) >= 11 is 0. The van der Waals surface area contributed by atoms with Gasteiger partial charge in [-0.25, -0.2) is 4.98 Å². The van der Waals surface area contributed by atoms with E-state index in [4.69, 9.17) is 22.6 Å². The Balaban J connectivity index is 1.09. The number of nitrogens with one attached hydrogen (secondary N) is 13. The summed E-state index contributed by atoms with van der Waals surface area (Å²) in [5, 5.41) is 55.7. The number of imidazole rings is 1. The number of nitrogens with zero attached hydrogens (tertiary/aromatic N) is 3. The highest BCUT2D eigenvalue weighted by atomic mass is 33.1. The number of likely N-dealkylation sites (tertiary alicyclic amines) is 2. The topological polar surface area (TPSA) is 553 Å². The van der Waals surface area contributed by atoms with E-state index < -0.39 is 169 Å². The van der Waals surface area contributed by atoms with Crippen LogP contribution in [0.2, 0.25) is 0 Å². The number of carbonyl (C=O) groups excluding carboxylic acids is 12. The van der Waals surface area contributed by atoms with Crippen molar-refractivity contribution < 1.29 is 77.3 Å². The number of carboxylic acid groups (broad SMARTS) is 2. The number of amides is 12. The highest BCUT2D eigenvalue weighted by Crippen LogP contribution is 2.29. The van der Waals surface area contributed by atoms with E-state index >= 15 is 14.4 Å². The van der Waals surface area contributed by atoms with Gasteiger partial charge in [0.15, 0.2) is 5.96 Å². The first-order valence-corrected chi connectivity index (χ1v) is 37.4. The van der Waals surface area contributed by atoms with Gasteiger partial charge in [0.1, 0.15) is 60.4 Å². The van der Waals surface area contributed by atoms with Gasteiger partial charge in [0.25, 0.3) is 0 Å². The second-order valence-corrected chi connectivity index (χ2v) is 28.6. The summed E-state index contributed by atoms with van der Waals surface area (Å²) in [6.07, 6.45) is 3.27. The van der Waals surface area contributed by atoms with Crippen molar-refractivity contribution in [2.45, 2.75) is 163 Å². The number of H-pyrrole nitrogens is 2. The number of hydrogen-bond acceptors (Lipinski definition) is 19. The second kappa shape index (κ2) is 39.9. The van der Waals surface area contributed by atoms with Gasteiger partial charge in [0.05, 0.1) is 25.0 Å². The maximum absolute atomic E-state index is 15.1. The number of hydrogen-bond donors (Lipinski definition) is 18. The maximum Gasteiger partial charge on any atom is 0.305 e. The zero-order chi connectivity index (χ0) is 76.4. The van der Waals surface area contributed by atoms with Gasteiger partial charge in [0.2, 0.25) is 70.9 Å². The molecule has 5 aromatic rings. The average Bonchev–Trinajstić information content (AvgIpc) is 1.62. The van der Waals surface area contributed by atoms with Crippen molar-refractivity contribution in [3.8, 4) is 0 Å². The number of unbranched alkanes of at least 4 members (excludes halogenated alkanes) is 1. The Morgan fingerprint density at radius 2 is 1.30 bits per heavy atom. The van der Waals surface area contributed by atoms with Gasteiger partial charge in [-0.1, -0.05) is 82.3 Å². The Hall–Kier alpha value is -10.8. The van der Waals surface area contributed by atoms with E-state index in [1.807, 2.05) is 36.4 Å². The van der Waals surface area contributed by atoms with Gasteiger partial charge in [-0.05, 0) is 98.7 Å². The molecule has 106 heavy (non-hydrogen) atoms. The number of carboxylic acids is 2. The summed E-state index contributed by atoms with van der Waals surface area (Å²) in [7, 11) is 2.12. The van der Waals surface area contributed by atoms with Crippen molar-refractivity contribution in [3.63, 3.8) is 0 Å². The molecule has 3 fully saturated rings. The van der Waals surface area contributed by atoms with Crippen molar-refractivity contribution in [2.75, 3.05) is 44.2 Å². The van der Waals surface area contributed by atoms with E-state index in [0.717, 1.165) is 32.4 Å². The highest BCUT2D eigenvalue weighted by Gasteiger charge is 2.45. The lowest BCUT2D eigenvalue weighted by atomic mass is 9.99. The number of nitrogens with two attached hydrogens (primary N) is 3. The van der Waals surface area contributed by atoms with Crippen molar-refractivity contribution in [1.82, 2.24) is 77.9 Å². The molecule has 8 rings (SSSR count). The van der Waals surface area contributed by atoms with Gasteiger partial charge in [-0.15, -0.1) is 0 Å². The maximum atomic E-state index is 15.1. The number of guanidine groups is 1. The molecule has 0 saturated carbocycles. The fourth-order valence-corrected chi connectivity index (χ4v) is 14.9. The molecule has 0 aliphatic carbocycles. The molecule has 3 unspecified atom stereocenters. The lowest BCUT2D eigenvalue weighted by Gasteiger charge is -2.33. The molecule has 0 spiro atoms. The highest BCUT2D eigenvalue weighted by molar-refractivity contribution is 8.76. The van der Waals surface area contributed by atoms with Crippen LogP contribution in [-0.4, -0.2) is 228 Å². The van der Waals surface area contributed by atoms with Crippen molar-refractivity contribution in [3.05, 3.63) is 102 Å². The van der Waals surface area contributed by atoms with Crippen LogP contribution in [0.5, 0.6) is 0 Å². The third-order valence-corrected chi connectivity index (χ3v) is 20.6. The molecule has 3 saturated heterocycles. The van der Waals surface area contributed by atoms with Crippen LogP contribution in [0.15, 0.2) is 85.5 Å². The van der Waals surface area contributed by atoms with Crippen LogP contribution in [0.1, 0.15) is 100 Å². The zero-order valence-electron chi connectivity index (χ0n) is 58.1. The number of fused-ring (bicyclic) bond motifs is 2. The Labute approximate surface area is 616 Å². The van der Waals surface area contributed by atoms with E-state index in [9.17, 15) is 63.0 Å². The molecule has 3 aliphatic heterocycles. The van der Waals surface area contributed by atoms with Gasteiger partial charge < -0.3 is 100 Å². The molecule has 35 nitrogen and oxygen atoms in total. The van der Waals surface area contributed by atoms with Crippen molar-refractivity contribution >= 4 is 132 Å². The number of benzene rings is 3. The minimum Gasteiger partial charge on any atom is -0.481 e. The summed E-state index contributed by atoms with van der Waals surface area (Å²) in [5.74, 6) is -13.6. The molecule has 3 aromatic carbocycles. The van der Waals surface area contributed by atoms with E-state index in [1.165, 1.54) is 22.3 Å². The third-order valence-electron chi connectivity index (χ3n) is 18.2. The van der Waals surface area contributed by atoms with Crippen molar-refractivity contribution in [1.29, 1.82) is 5.41 Å². The van der Waals surface area contributed by atoms with Crippen molar-refractivity contribution in [2.24, 2.45) is 17.2 Å². The molecule has 5 heterocycles. The monoisotopic (exact) mass is 1510 g/mol. The second-order valence-electron chi connectivity index (χ2n) is 26.0. The SMILES string of the molecule is N=C(N)NCCCC1NC(=O)[C@@H](Cc2ccc3ccccc3c2)NC(=O)[C@H](Cc2c[nH]cn2)NC(=O)C(CCC(=O)O)NC(=O)CCSSCC(C(=O)N2CCC[C@H]2C(=O)N2CCC[C@H]2C(=O)N[C@@H](CCCCN)C(=O)N[C@@H](CC(=O)O)C(N)=O)NC(=O)CNC(=O)[C@H](Cc2c[nH]c3ccccc23)NC1=O. The molecular weight excluding hydrogens is 1420 g/mol. The number of para-hydroxylation sites is 1. The Kier molecular flexibility index (Phi) is 30.4. The number of aliphatic carboxylic acids is 2. The van der Waals surface area contributed by atoms with Crippen LogP contribution in [0.25, 0.3) is 21.7 Å². The van der Waals surface area contributed by atoms with Crippen LogP contribution >= 0.6 is 21.6 Å². The molecule has 21 N–H and O–H groups in total. The Bertz CT molecular complexity index is 4010. The minimum absolute atomic E-state index is 0.00602. The van der Waals surface area contributed by atoms with E-state index in [1.54, 1.807) is 36.5 Å². The summed E-state index contributed by atoms with van der Waals surface area (Å²) in [5.41, 5.74) is 18.8. The van der Waals surface area contributed by atoms with Gasteiger partial charge in [-0.2, -0.15) is 0 Å². The predicted molar refractivity (Wildman–Crippen MR) is 390 cm³/mol. The Morgan fingerprint density at radius 3 is 1.98 bits per heavy atom. The largest absolute Gasteiger partial charge is 0.481 e. The number of rotatable bonds is 26. The van der Waals surface area contributed by atoms with E-state index in [-0.39, 0.29) is 107 Å². The van der Waals surface area contributed by atoms with Crippen LogP contribution in [-0.2, 0) is 86.4 Å². The third kappa shape index (κ3) is 23.9. The first-order chi connectivity index (χ1) is 50.8. The normalized spacial score (nSPS) is 21.9. The van der Waals surface area contributed by atoms with Crippen LogP contribution < -0.4 is 70.4 Å². The number of aromatic nitrogens is 3.